The standard InChI is InChI=1S/C14H21NO3/c1-17-7-6-15-10-12(16)9-14(15)11-4-3-5-13(8-11)18-2/h3-5,8,12,14,16H,6-7,9-10H2,1-2H3/t12-,14+/m0/s1. The van der Waals surface area contributed by atoms with E-state index in [9.17, 15) is 5.11 Å². The summed E-state index contributed by atoms with van der Waals surface area (Å²) in [5.41, 5.74) is 1.20. The van der Waals surface area contributed by atoms with E-state index in [0.29, 0.717) is 13.2 Å². The Bertz CT molecular complexity index is 383. The number of likely N-dealkylation sites (tertiary alicyclic amines) is 1. The lowest BCUT2D eigenvalue weighted by atomic mass is 10.0. The van der Waals surface area contributed by atoms with Crippen molar-refractivity contribution >= 4 is 0 Å². The van der Waals surface area contributed by atoms with Crippen LogP contribution in [-0.4, -0.2) is 50.0 Å². The summed E-state index contributed by atoms with van der Waals surface area (Å²) in [4.78, 5) is 2.27. The van der Waals surface area contributed by atoms with Gasteiger partial charge in [-0.05, 0) is 24.1 Å². The smallest absolute Gasteiger partial charge is 0.119 e. The molecule has 0 aliphatic carbocycles. The third kappa shape index (κ3) is 3.02. The molecule has 0 spiro atoms. The summed E-state index contributed by atoms with van der Waals surface area (Å²) in [5, 5.41) is 9.84. The third-order valence-electron chi connectivity index (χ3n) is 3.44. The van der Waals surface area contributed by atoms with E-state index in [1.165, 1.54) is 5.56 Å². The molecule has 18 heavy (non-hydrogen) atoms. The molecular weight excluding hydrogens is 230 g/mol. The lowest BCUT2D eigenvalue weighted by Crippen LogP contribution is -2.28. The molecule has 4 heteroatoms. The molecule has 1 aliphatic rings. The van der Waals surface area contributed by atoms with Crippen molar-refractivity contribution in [3.63, 3.8) is 0 Å². The zero-order chi connectivity index (χ0) is 13.0. The van der Waals surface area contributed by atoms with Crippen molar-refractivity contribution in [2.24, 2.45) is 0 Å². The highest BCUT2D eigenvalue weighted by Crippen LogP contribution is 2.33. The molecule has 1 fully saturated rings. The number of rotatable bonds is 5. The van der Waals surface area contributed by atoms with Crippen LogP contribution in [-0.2, 0) is 4.74 Å². The summed E-state index contributed by atoms with van der Waals surface area (Å²) >= 11 is 0. The van der Waals surface area contributed by atoms with Gasteiger partial charge >= 0.3 is 0 Å². The zero-order valence-electron chi connectivity index (χ0n) is 11.0. The molecule has 1 aliphatic heterocycles. The molecule has 0 saturated carbocycles. The minimum atomic E-state index is -0.252. The van der Waals surface area contributed by atoms with Crippen molar-refractivity contribution in [1.82, 2.24) is 4.90 Å². The first-order chi connectivity index (χ1) is 8.74. The fourth-order valence-corrected chi connectivity index (χ4v) is 2.53. The highest BCUT2D eigenvalue weighted by atomic mass is 16.5. The van der Waals surface area contributed by atoms with E-state index >= 15 is 0 Å². The van der Waals surface area contributed by atoms with Crippen molar-refractivity contribution in [3.05, 3.63) is 29.8 Å². The molecule has 1 heterocycles. The average molecular weight is 251 g/mol. The van der Waals surface area contributed by atoms with Crippen LogP contribution in [0.3, 0.4) is 0 Å². The van der Waals surface area contributed by atoms with Crippen molar-refractivity contribution in [2.75, 3.05) is 33.9 Å². The monoisotopic (exact) mass is 251 g/mol. The number of hydrogen-bond acceptors (Lipinski definition) is 4. The molecule has 0 unspecified atom stereocenters. The summed E-state index contributed by atoms with van der Waals surface area (Å²) in [6.45, 7) is 2.24. The fourth-order valence-electron chi connectivity index (χ4n) is 2.53. The molecule has 1 aromatic rings. The van der Waals surface area contributed by atoms with Gasteiger partial charge in [0.15, 0.2) is 0 Å². The molecule has 0 bridgehead atoms. The van der Waals surface area contributed by atoms with Crippen molar-refractivity contribution in [2.45, 2.75) is 18.6 Å². The van der Waals surface area contributed by atoms with Gasteiger partial charge in [0.25, 0.3) is 0 Å². The average Bonchev–Trinajstić information content (AvgIpc) is 2.77. The lowest BCUT2D eigenvalue weighted by molar-refractivity contribution is 0.130. The van der Waals surface area contributed by atoms with Crippen LogP contribution in [0.25, 0.3) is 0 Å². The van der Waals surface area contributed by atoms with Gasteiger partial charge in [-0.2, -0.15) is 0 Å². The van der Waals surface area contributed by atoms with Gasteiger partial charge in [0.2, 0.25) is 0 Å². The van der Waals surface area contributed by atoms with Crippen LogP contribution in [0.4, 0.5) is 0 Å². The van der Waals surface area contributed by atoms with Gasteiger partial charge in [0.05, 0.1) is 19.8 Å². The second-order valence-corrected chi connectivity index (χ2v) is 4.67. The fraction of sp³-hybridized carbons (Fsp3) is 0.571. The lowest BCUT2D eigenvalue weighted by Gasteiger charge is -2.24. The largest absolute Gasteiger partial charge is 0.497 e. The van der Waals surface area contributed by atoms with Crippen LogP contribution in [0.1, 0.15) is 18.0 Å². The van der Waals surface area contributed by atoms with Crippen LogP contribution in [0.5, 0.6) is 5.75 Å². The Hall–Kier alpha value is -1.10. The summed E-state index contributed by atoms with van der Waals surface area (Å²) in [5.74, 6) is 0.862. The van der Waals surface area contributed by atoms with Gasteiger partial charge in [0.1, 0.15) is 5.75 Å². The van der Waals surface area contributed by atoms with Crippen molar-refractivity contribution in [1.29, 1.82) is 0 Å². The molecule has 2 rings (SSSR count). The summed E-state index contributed by atoms with van der Waals surface area (Å²) < 4.78 is 10.4. The number of aliphatic hydroxyl groups is 1. The number of nitrogens with zero attached hydrogens (tertiary/aromatic N) is 1. The van der Waals surface area contributed by atoms with Crippen LogP contribution in [0.15, 0.2) is 24.3 Å². The number of β-amino-alcohol motifs (C(OH)–C–C–N with tert-alkyl or cyclic N) is 1. The highest BCUT2D eigenvalue weighted by molar-refractivity contribution is 5.31. The predicted octanol–water partition coefficient (Wildman–Crippen LogP) is 1.45. The molecule has 0 aromatic heterocycles. The van der Waals surface area contributed by atoms with Crippen LogP contribution in [0.2, 0.25) is 0 Å². The van der Waals surface area contributed by atoms with Crippen LogP contribution >= 0.6 is 0 Å². The van der Waals surface area contributed by atoms with E-state index in [2.05, 4.69) is 11.0 Å². The SMILES string of the molecule is COCCN1C[C@@H](O)C[C@@H]1c1cccc(OC)c1. The van der Waals surface area contributed by atoms with Crippen molar-refractivity contribution in [3.8, 4) is 5.75 Å². The molecule has 100 valence electrons. The van der Waals surface area contributed by atoms with E-state index in [4.69, 9.17) is 9.47 Å². The van der Waals surface area contributed by atoms with Gasteiger partial charge in [-0.15, -0.1) is 0 Å². The van der Waals surface area contributed by atoms with E-state index in [0.717, 1.165) is 18.7 Å². The first-order valence-electron chi connectivity index (χ1n) is 6.29. The second-order valence-electron chi connectivity index (χ2n) is 4.67. The normalized spacial score (nSPS) is 24.4. The Morgan fingerprint density at radius 2 is 2.22 bits per heavy atom. The highest BCUT2D eigenvalue weighted by Gasteiger charge is 2.31. The Kier molecular flexibility index (Phi) is 4.58. The third-order valence-corrected chi connectivity index (χ3v) is 3.44. The van der Waals surface area contributed by atoms with Crippen LogP contribution in [0, 0.1) is 0 Å². The Balaban J connectivity index is 2.13. The minimum absolute atomic E-state index is 0.252. The van der Waals surface area contributed by atoms with E-state index in [1.54, 1.807) is 14.2 Å². The maximum Gasteiger partial charge on any atom is 0.119 e. The Morgan fingerprint density at radius 3 is 2.94 bits per heavy atom. The maximum atomic E-state index is 9.84. The molecule has 1 aromatic carbocycles. The molecule has 1 N–H and O–H groups in total. The zero-order valence-corrected chi connectivity index (χ0v) is 11.0. The quantitative estimate of drug-likeness (QED) is 0.860. The van der Waals surface area contributed by atoms with Crippen molar-refractivity contribution < 1.29 is 14.6 Å². The molecule has 0 amide bonds. The first kappa shape index (κ1) is 13.3. The predicted molar refractivity (Wildman–Crippen MR) is 69.8 cm³/mol. The molecule has 1 saturated heterocycles. The first-order valence-corrected chi connectivity index (χ1v) is 6.29. The molecule has 4 nitrogen and oxygen atoms in total. The van der Waals surface area contributed by atoms with E-state index in [1.807, 2.05) is 18.2 Å². The van der Waals surface area contributed by atoms with Gasteiger partial charge in [0, 0.05) is 26.2 Å². The number of aliphatic hydroxyl groups excluding tert-OH is 1. The van der Waals surface area contributed by atoms with Gasteiger partial charge in [-0.25, -0.2) is 0 Å². The van der Waals surface area contributed by atoms with Gasteiger partial charge in [-0.1, -0.05) is 12.1 Å². The summed E-state index contributed by atoms with van der Waals surface area (Å²) in [6, 6.07) is 8.32. The number of methoxy groups -OCH3 is 2. The Labute approximate surface area is 108 Å². The van der Waals surface area contributed by atoms with Crippen LogP contribution < -0.4 is 4.74 Å². The number of benzene rings is 1. The topological polar surface area (TPSA) is 41.9 Å². The van der Waals surface area contributed by atoms with E-state index < -0.39 is 0 Å². The molecular formula is C14H21NO3. The molecule has 0 radical (unpaired) electrons. The molecule has 2 atom stereocenters. The summed E-state index contributed by atoms with van der Waals surface area (Å²) in [6.07, 6.45) is 0.523. The van der Waals surface area contributed by atoms with Gasteiger partial charge in [-0.3, -0.25) is 4.90 Å². The Morgan fingerprint density at radius 1 is 1.39 bits per heavy atom. The van der Waals surface area contributed by atoms with E-state index in [-0.39, 0.29) is 12.1 Å². The minimum Gasteiger partial charge on any atom is -0.497 e. The number of hydrogen-bond donors (Lipinski definition) is 1. The van der Waals surface area contributed by atoms with Gasteiger partial charge < -0.3 is 14.6 Å². The maximum absolute atomic E-state index is 9.84. The second kappa shape index (κ2) is 6.18. The summed E-state index contributed by atoms with van der Waals surface area (Å²) in [7, 11) is 3.37. The number of ether oxygens (including phenoxy) is 2.